The van der Waals surface area contributed by atoms with Crippen molar-refractivity contribution >= 4 is 0 Å². The molecule has 2 N–H and O–H groups in total. The molecule has 22 heavy (non-hydrogen) atoms. The van der Waals surface area contributed by atoms with Crippen molar-refractivity contribution < 1.29 is 14.9 Å². The van der Waals surface area contributed by atoms with Crippen LogP contribution in [0.25, 0.3) is 0 Å². The number of hydrogen-bond acceptors (Lipinski definition) is 3. The summed E-state index contributed by atoms with van der Waals surface area (Å²) in [4.78, 5) is 0. The van der Waals surface area contributed by atoms with Crippen molar-refractivity contribution in [1.29, 1.82) is 0 Å². The second-order valence-electron chi connectivity index (χ2n) is 5.97. The lowest BCUT2D eigenvalue weighted by Gasteiger charge is -2.20. The van der Waals surface area contributed by atoms with Gasteiger partial charge in [0.25, 0.3) is 0 Å². The molecule has 0 heterocycles. The standard InChI is InChI=1S/C19H26O3/c1-3-15-11-16(19(13-21)18(15)12-20)6-4-5-14-7-9-17(22-2)10-8-14/h3-4,6-10,15-16,18-21H,1,5,11-13H2,2H3. The minimum Gasteiger partial charge on any atom is -0.497 e. The van der Waals surface area contributed by atoms with Crippen LogP contribution in [0.5, 0.6) is 5.75 Å². The maximum absolute atomic E-state index is 9.63. The first-order valence-electron chi connectivity index (χ1n) is 7.87. The highest BCUT2D eigenvalue weighted by molar-refractivity contribution is 5.28. The highest BCUT2D eigenvalue weighted by Crippen LogP contribution is 2.42. The van der Waals surface area contributed by atoms with E-state index in [1.807, 2.05) is 18.2 Å². The third-order valence-electron chi connectivity index (χ3n) is 4.81. The number of aliphatic hydroxyl groups is 2. The maximum atomic E-state index is 9.63. The molecule has 1 saturated carbocycles. The second kappa shape index (κ2) is 8.16. The number of ether oxygens (including phenoxy) is 1. The molecule has 4 unspecified atom stereocenters. The van der Waals surface area contributed by atoms with Gasteiger partial charge in [0.15, 0.2) is 0 Å². The second-order valence-corrected chi connectivity index (χ2v) is 5.97. The van der Waals surface area contributed by atoms with Crippen molar-refractivity contribution in [2.45, 2.75) is 12.8 Å². The van der Waals surface area contributed by atoms with E-state index in [4.69, 9.17) is 4.74 Å². The number of benzene rings is 1. The average molecular weight is 302 g/mol. The van der Waals surface area contributed by atoms with E-state index < -0.39 is 0 Å². The first-order chi connectivity index (χ1) is 10.7. The van der Waals surface area contributed by atoms with E-state index in [1.54, 1.807) is 7.11 Å². The zero-order valence-corrected chi connectivity index (χ0v) is 13.2. The molecule has 1 fully saturated rings. The van der Waals surface area contributed by atoms with E-state index in [9.17, 15) is 10.2 Å². The van der Waals surface area contributed by atoms with Gasteiger partial charge in [-0.15, -0.1) is 6.58 Å². The fourth-order valence-electron chi connectivity index (χ4n) is 3.47. The van der Waals surface area contributed by atoms with Gasteiger partial charge in [-0.05, 0) is 54.2 Å². The van der Waals surface area contributed by atoms with E-state index in [-0.39, 0.29) is 31.0 Å². The summed E-state index contributed by atoms with van der Waals surface area (Å²) in [5.41, 5.74) is 1.23. The van der Waals surface area contributed by atoms with Crippen LogP contribution in [0.2, 0.25) is 0 Å². The molecule has 1 aromatic rings. The minimum atomic E-state index is 0.116. The lowest BCUT2D eigenvalue weighted by atomic mass is 9.88. The van der Waals surface area contributed by atoms with E-state index in [1.165, 1.54) is 5.56 Å². The van der Waals surface area contributed by atoms with Gasteiger partial charge in [0.1, 0.15) is 5.75 Å². The normalized spacial score (nSPS) is 28.1. The zero-order valence-electron chi connectivity index (χ0n) is 13.2. The van der Waals surface area contributed by atoms with Gasteiger partial charge in [-0.2, -0.15) is 0 Å². The Bertz CT molecular complexity index is 492. The van der Waals surface area contributed by atoms with Crippen molar-refractivity contribution in [2.75, 3.05) is 20.3 Å². The molecular formula is C19H26O3. The third kappa shape index (κ3) is 3.79. The summed E-state index contributed by atoms with van der Waals surface area (Å²) >= 11 is 0. The molecule has 0 aliphatic heterocycles. The molecule has 120 valence electrons. The van der Waals surface area contributed by atoms with Crippen LogP contribution in [0.15, 0.2) is 49.1 Å². The molecule has 3 heteroatoms. The fourth-order valence-corrected chi connectivity index (χ4v) is 3.47. The molecule has 0 bridgehead atoms. The Morgan fingerprint density at radius 1 is 1.14 bits per heavy atom. The van der Waals surface area contributed by atoms with Crippen molar-refractivity contribution in [2.24, 2.45) is 23.7 Å². The highest BCUT2D eigenvalue weighted by Gasteiger charge is 2.39. The summed E-state index contributed by atoms with van der Waals surface area (Å²) in [6.45, 7) is 4.09. The quantitative estimate of drug-likeness (QED) is 0.762. The first-order valence-corrected chi connectivity index (χ1v) is 7.87. The Morgan fingerprint density at radius 2 is 1.77 bits per heavy atom. The van der Waals surface area contributed by atoms with Gasteiger partial charge in [-0.1, -0.05) is 30.4 Å². The monoisotopic (exact) mass is 302 g/mol. The van der Waals surface area contributed by atoms with Crippen molar-refractivity contribution in [1.82, 2.24) is 0 Å². The van der Waals surface area contributed by atoms with E-state index in [2.05, 4.69) is 30.9 Å². The van der Waals surface area contributed by atoms with E-state index >= 15 is 0 Å². The molecule has 0 aromatic heterocycles. The number of allylic oxidation sites excluding steroid dienone is 3. The van der Waals surface area contributed by atoms with Gasteiger partial charge >= 0.3 is 0 Å². The first kappa shape index (κ1) is 16.8. The molecule has 0 saturated heterocycles. The van der Waals surface area contributed by atoms with Crippen LogP contribution in [0.3, 0.4) is 0 Å². The van der Waals surface area contributed by atoms with E-state index in [0.717, 1.165) is 18.6 Å². The SMILES string of the molecule is C=CC1CC(C=CCc2ccc(OC)cc2)C(CO)C1CO. The van der Waals surface area contributed by atoms with Gasteiger partial charge in [-0.3, -0.25) is 0 Å². The number of rotatable bonds is 7. The van der Waals surface area contributed by atoms with Gasteiger partial charge in [-0.25, -0.2) is 0 Å². The predicted molar refractivity (Wildman–Crippen MR) is 88.8 cm³/mol. The Hall–Kier alpha value is -1.58. The molecular weight excluding hydrogens is 276 g/mol. The van der Waals surface area contributed by atoms with Crippen LogP contribution in [-0.4, -0.2) is 30.5 Å². The summed E-state index contributed by atoms with van der Waals surface area (Å²) in [7, 11) is 1.66. The molecule has 0 spiro atoms. The average Bonchev–Trinajstić information content (AvgIpc) is 2.92. The Balaban J connectivity index is 1.97. The fraction of sp³-hybridized carbons (Fsp3) is 0.474. The number of hydrogen-bond donors (Lipinski definition) is 2. The summed E-state index contributed by atoms with van der Waals surface area (Å²) in [6.07, 6.45) is 8.09. The molecule has 2 rings (SSSR count). The van der Waals surface area contributed by atoms with Crippen LogP contribution < -0.4 is 4.74 Å². The van der Waals surface area contributed by atoms with Crippen LogP contribution in [0.4, 0.5) is 0 Å². The smallest absolute Gasteiger partial charge is 0.118 e. The van der Waals surface area contributed by atoms with Crippen molar-refractivity contribution in [3.8, 4) is 5.75 Å². The lowest BCUT2D eigenvalue weighted by Crippen LogP contribution is -2.23. The Morgan fingerprint density at radius 3 is 2.32 bits per heavy atom. The Labute approximate surface area is 132 Å². The van der Waals surface area contributed by atoms with E-state index in [0.29, 0.717) is 5.92 Å². The van der Waals surface area contributed by atoms with Crippen LogP contribution in [0.1, 0.15) is 12.0 Å². The molecule has 4 atom stereocenters. The maximum Gasteiger partial charge on any atom is 0.118 e. The Kier molecular flexibility index (Phi) is 6.22. The summed E-state index contributed by atoms with van der Waals surface area (Å²) in [5.74, 6) is 1.71. The molecule has 0 radical (unpaired) electrons. The van der Waals surface area contributed by atoms with Crippen LogP contribution >= 0.6 is 0 Å². The summed E-state index contributed by atoms with van der Waals surface area (Å²) < 4.78 is 5.15. The van der Waals surface area contributed by atoms with Gasteiger partial charge < -0.3 is 14.9 Å². The van der Waals surface area contributed by atoms with Gasteiger partial charge in [0, 0.05) is 13.2 Å². The zero-order chi connectivity index (χ0) is 15.9. The summed E-state index contributed by atoms with van der Waals surface area (Å²) in [5, 5.41) is 19.2. The van der Waals surface area contributed by atoms with Gasteiger partial charge in [0.2, 0.25) is 0 Å². The number of aliphatic hydroxyl groups excluding tert-OH is 2. The lowest BCUT2D eigenvalue weighted by molar-refractivity contribution is 0.117. The van der Waals surface area contributed by atoms with Gasteiger partial charge in [0.05, 0.1) is 7.11 Å². The summed E-state index contributed by atoms with van der Waals surface area (Å²) in [6, 6.07) is 8.05. The highest BCUT2D eigenvalue weighted by atomic mass is 16.5. The third-order valence-corrected chi connectivity index (χ3v) is 4.81. The predicted octanol–water partition coefficient (Wildman–Crippen LogP) is 2.83. The largest absolute Gasteiger partial charge is 0.497 e. The topological polar surface area (TPSA) is 49.7 Å². The van der Waals surface area contributed by atoms with Crippen LogP contribution in [0, 0.1) is 23.7 Å². The number of methoxy groups -OCH3 is 1. The van der Waals surface area contributed by atoms with Crippen molar-refractivity contribution in [3.05, 3.63) is 54.6 Å². The molecule has 3 nitrogen and oxygen atoms in total. The molecule has 0 amide bonds. The van der Waals surface area contributed by atoms with Crippen LogP contribution in [-0.2, 0) is 6.42 Å². The molecule has 1 aromatic carbocycles. The van der Waals surface area contributed by atoms with Crippen molar-refractivity contribution in [3.63, 3.8) is 0 Å². The molecule has 1 aliphatic carbocycles. The minimum absolute atomic E-state index is 0.116. The molecule has 1 aliphatic rings.